The number of halogens is 2. The van der Waals surface area contributed by atoms with Gasteiger partial charge in [-0.15, -0.1) is 0 Å². The highest BCUT2D eigenvalue weighted by molar-refractivity contribution is 5.94. The maximum atomic E-state index is 12.4. The summed E-state index contributed by atoms with van der Waals surface area (Å²) in [4.78, 5) is 14.2. The van der Waals surface area contributed by atoms with Gasteiger partial charge in [-0.3, -0.25) is 4.79 Å². The predicted octanol–water partition coefficient (Wildman–Crippen LogP) is 2.75. The van der Waals surface area contributed by atoms with Crippen LogP contribution in [0.25, 0.3) is 0 Å². The van der Waals surface area contributed by atoms with Crippen molar-refractivity contribution >= 4 is 5.91 Å². The number of rotatable bonds is 6. The quantitative estimate of drug-likeness (QED) is 0.878. The molecule has 4 nitrogen and oxygen atoms in total. The summed E-state index contributed by atoms with van der Waals surface area (Å²) >= 11 is 0. The molecule has 1 aliphatic heterocycles. The molecule has 6 heteroatoms. The number of hydrogen-bond acceptors (Lipinski definition) is 3. The first-order chi connectivity index (χ1) is 10.6. The van der Waals surface area contributed by atoms with E-state index >= 15 is 0 Å². The molecule has 122 valence electrons. The number of nitrogens with one attached hydrogen (secondary N) is 1. The van der Waals surface area contributed by atoms with Crippen LogP contribution in [-0.4, -0.2) is 43.6 Å². The topological polar surface area (TPSA) is 41.6 Å². The standard InChI is InChI=1S/C16H22F2N2O2/c1-2-19-11-12-7-9-20(10-8-12)15(21)13-3-5-14(6-4-13)22-16(17)18/h3-6,12,16,19H,2,7-11H2,1H3. The molecular formula is C16H22F2N2O2. The molecule has 1 aromatic rings. The summed E-state index contributed by atoms with van der Waals surface area (Å²) in [6.07, 6.45) is 1.98. The summed E-state index contributed by atoms with van der Waals surface area (Å²) in [7, 11) is 0. The van der Waals surface area contributed by atoms with E-state index in [-0.39, 0.29) is 11.7 Å². The average molecular weight is 312 g/mol. The van der Waals surface area contributed by atoms with Gasteiger partial charge in [-0.25, -0.2) is 0 Å². The molecule has 0 spiro atoms. The van der Waals surface area contributed by atoms with Crippen LogP contribution in [0.2, 0.25) is 0 Å². The lowest BCUT2D eigenvalue weighted by atomic mass is 9.96. The van der Waals surface area contributed by atoms with E-state index in [0.717, 1.165) is 39.0 Å². The van der Waals surface area contributed by atoms with Gasteiger partial charge in [-0.1, -0.05) is 6.92 Å². The maximum Gasteiger partial charge on any atom is 0.387 e. The first-order valence-corrected chi connectivity index (χ1v) is 7.65. The number of carbonyl (C=O) groups is 1. The van der Waals surface area contributed by atoms with Gasteiger partial charge in [-0.2, -0.15) is 8.78 Å². The molecule has 1 amide bonds. The van der Waals surface area contributed by atoms with Crippen molar-refractivity contribution in [2.75, 3.05) is 26.2 Å². The summed E-state index contributed by atoms with van der Waals surface area (Å²) < 4.78 is 28.5. The fourth-order valence-electron chi connectivity index (χ4n) is 2.65. The molecule has 0 aliphatic carbocycles. The van der Waals surface area contributed by atoms with E-state index in [9.17, 15) is 13.6 Å². The van der Waals surface area contributed by atoms with E-state index in [1.54, 1.807) is 0 Å². The van der Waals surface area contributed by atoms with E-state index in [2.05, 4.69) is 17.0 Å². The zero-order valence-corrected chi connectivity index (χ0v) is 12.7. The number of benzene rings is 1. The molecule has 1 heterocycles. The summed E-state index contributed by atoms with van der Waals surface area (Å²) in [5.41, 5.74) is 0.506. The minimum absolute atomic E-state index is 0.0505. The normalized spacial score (nSPS) is 16.1. The Morgan fingerprint density at radius 2 is 1.95 bits per heavy atom. The lowest BCUT2D eigenvalue weighted by molar-refractivity contribution is -0.0498. The van der Waals surface area contributed by atoms with Gasteiger partial charge in [0.15, 0.2) is 0 Å². The van der Waals surface area contributed by atoms with Gasteiger partial charge in [0.2, 0.25) is 0 Å². The third-order valence-corrected chi connectivity index (χ3v) is 3.91. The van der Waals surface area contributed by atoms with E-state index in [1.165, 1.54) is 24.3 Å². The minimum atomic E-state index is -2.85. The second kappa shape index (κ2) is 8.08. The Morgan fingerprint density at radius 1 is 1.32 bits per heavy atom. The number of amides is 1. The molecule has 1 aliphatic rings. The highest BCUT2D eigenvalue weighted by atomic mass is 19.3. The first-order valence-electron chi connectivity index (χ1n) is 7.65. The molecule has 0 saturated carbocycles. The molecule has 1 N–H and O–H groups in total. The predicted molar refractivity (Wildman–Crippen MR) is 80.2 cm³/mol. The number of piperidine rings is 1. The van der Waals surface area contributed by atoms with Gasteiger partial charge < -0.3 is 15.0 Å². The smallest absolute Gasteiger partial charge is 0.387 e. The Hall–Kier alpha value is -1.69. The molecular weight excluding hydrogens is 290 g/mol. The van der Waals surface area contributed by atoms with Crippen molar-refractivity contribution in [3.05, 3.63) is 29.8 Å². The summed E-state index contributed by atoms with van der Waals surface area (Å²) in [5, 5.41) is 3.34. The number of carbonyl (C=O) groups excluding carboxylic acids is 1. The monoisotopic (exact) mass is 312 g/mol. The number of hydrogen-bond donors (Lipinski definition) is 1. The van der Waals surface area contributed by atoms with Gasteiger partial charge in [0.1, 0.15) is 5.75 Å². The molecule has 0 radical (unpaired) electrons. The van der Waals surface area contributed by atoms with Gasteiger partial charge in [0, 0.05) is 18.7 Å². The molecule has 0 atom stereocenters. The second-order valence-corrected chi connectivity index (χ2v) is 5.45. The number of nitrogens with zero attached hydrogens (tertiary/aromatic N) is 1. The molecule has 0 aromatic heterocycles. The largest absolute Gasteiger partial charge is 0.435 e. The molecule has 0 unspecified atom stereocenters. The lowest BCUT2D eigenvalue weighted by Gasteiger charge is -2.32. The maximum absolute atomic E-state index is 12.4. The van der Waals surface area contributed by atoms with Crippen LogP contribution in [0.3, 0.4) is 0 Å². The number of likely N-dealkylation sites (tertiary alicyclic amines) is 1. The fourth-order valence-corrected chi connectivity index (χ4v) is 2.65. The van der Waals surface area contributed by atoms with E-state index in [4.69, 9.17) is 0 Å². The van der Waals surface area contributed by atoms with Gasteiger partial charge in [-0.05, 0) is 56.1 Å². The summed E-state index contributed by atoms with van der Waals surface area (Å²) in [5.74, 6) is 0.632. The van der Waals surface area contributed by atoms with Crippen molar-refractivity contribution < 1.29 is 18.3 Å². The van der Waals surface area contributed by atoms with E-state index < -0.39 is 6.61 Å². The zero-order chi connectivity index (χ0) is 15.9. The SMILES string of the molecule is CCNCC1CCN(C(=O)c2ccc(OC(F)F)cc2)CC1. The first kappa shape index (κ1) is 16.7. The third kappa shape index (κ3) is 4.66. The van der Waals surface area contributed by atoms with Crippen LogP contribution in [0.5, 0.6) is 5.75 Å². The van der Waals surface area contributed by atoms with Crippen LogP contribution < -0.4 is 10.1 Å². The van der Waals surface area contributed by atoms with Gasteiger partial charge in [0.25, 0.3) is 5.91 Å². The Bertz CT molecular complexity index is 472. The second-order valence-electron chi connectivity index (χ2n) is 5.45. The molecule has 1 fully saturated rings. The highest BCUT2D eigenvalue weighted by Gasteiger charge is 2.23. The Balaban J connectivity index is 1.87. The van der Waals surface area contributed by atoms with Gasteiger partial charge >= 0.3 is 6.61 Å². The number of ether oxygens (including phenoxy) is 1. The molecule has 0 bridgehead atoms. The van der Waals surface area contributed by atoms with Crippen LogP contribution in [0.4, 0.5) is 8.78 Å². The van der Waals surface area contributed by atoms with Crippen molar-refractivity contribution in [3.8, 4) is 5.75 Å². The molecule has 22 heavy (non-hydrogen) atoms. The lowest BCUT2D eigenvalue weighted by Crippen LogP contribution is -2.40. The third-order valence-electron chi connectivity index (χ3n) is 3.91. The van der Waals surface area contributed by atoms with Crippen molar-refractivity contribution in [2.45, 2.75) is 26.4 Å². The van der Waals surface area contributed by atoms with Crippen LogP contribution >= 0.6 is 0 Å². The van der Waals surface area contributed by atoms with E-state index in [1.807, 2.05) is 4.90 Å². The van der Waals surface area contributed by atoms with Crippen molar-refractivity contribution in [1.29, 1.82) is 0 Å². The zero-order valence-electron chi connectivity index (χ0n) is 12.7. The van der Waals surface area contributed by atoms with Crippen molar-refractivity contribution in [1.82, 2.24) is 10.2 Å². The number of alkyl halides is 2. The van der Waals surface area contributed by atoms with Crippen molar-refractivity contribution in [2.24, 2.45) is 5.92 Å². The van der Waals surface area contributed by atoms with Crippen LogP contribution in [0.15, 0.2) is 24.3 Å². The Labute approximate surface area is 129 Å². The summed E-state index contributed by atoms with van der Waals surface area (Å²) in [6.45, 7) is 2.68. The van der Waals surface area contributed by atoms with E-state index in [0.29, 0.717) is 11.5 Å². The van der Waals surface area contributed by atoms with Crippen molar-refractivity contribution in [3.63, 3.8) is 0 Å². The average Bonchev–Trinajstić information content (AvgIpc) is 2.53. The molecule has 2 rings (SSSR count). The fraction of sp³-hybridized carbons (Fsp3) is 0.562. The van der Waals surface area contributed by atoms with Crippen LogP contribution in [0, 0.1) is 5.92 Å². The minimum Gasteiger partial charge on any atom is -0.435 e. The van der Waals surface area contributed by atoms with Gasteiger partial charge in [0.05, 0.1) is 0 Å². The highest BCUT2D eigenvalue weighted by Crippen LogP contribution is 2.20. The van der Waals surface area contributed by atoms with Crippen LogP contribution in [-0.2, 0) is 0 Å². The molecule has 1 saturated heterocycles. The molecule has 1 aromatic carbocycles. The Kier molecular flexibility index (Phi) is 6.12. The Morgan fingerprint density at radius 3 is 2.50 bits per heavy atom. The van der Waals surface area contributed by atoms with Crippen LogP contribution in [0.1, 0.15) is 30.1 Å². The summed E-state index contributed by atoms with van der Waals surface area (Å²) in [6, 6.07) is 5.87.